The maximum absolute atomic E-state index is 4.13. The van der Waals surface area contributed by atoms with Crippen LogP contribution in [0.4, 0.5) is 0 Å². The maximum atomic E-state index is 4.13. The molecule has 8 nitrogen and oxygen atoms in total. The number of para-hydroxylation sites is 1. The molecule has 0 aliphatic heterocycles. The van der Waals surface area contributed by atoms with Crippen molar-refractivity contribution in [3.63, 3.8) is 0 Å². The summed E-state index contributed by atoms with van der Waals surface area (Å²) in [7, 11) is 0. The fraction of sp³-hybridized carbons (Fsp3) is 0.176. The first kappa shape index (κ1) is 16.4. The minimum Gasteiger partial charge on any atom is -0.196 e. The molecule has 130 valence electrons. The second-order valence-electron chi connectivity index (χ2n) is 5.77. The summed E-state index contributed by atoms with van der Waals surface area (Å²) in [6, 6.07) is 15.9. The largest absolute Gasteiger partial charge is 0.214 e. The highest BCUT2D eigenvalue weighted by Gasteiger charge is 2.14. The summed E-state index contributed by atoms with van der Waals surface area (Å²) in [5.74, 6) is 1.28. The number of rotatable bonds is 5. The summed E-state index contributed by atoms with van der Waals surface area (Å²) < 4.78 is 3.45. The quantitative estimate of drug-likeness (QED) is 0.503. The SMILES string of the molecule is Cc1ccc(-n2nnnc2SCc2nnnn2-c2ccccc2)cc1C. The van der Waals surface area contributed by atoms with Crippen LogP contribution < -0.4 is 0 Å². The molecule has 0 unspecified atom stereocenters. The average Bonchev–Trinajstić information content (AvgIpc) is 3.32. The van der Waals surface area contributed by atoms with Crippen LogP contribution in [0.5, 0.6) is 0 Å². The molecule has 0 fully saturated rings. The first-order valence-corrected chi connectivity index (χ1v) is 9.02. The van der Waals surface area contributed by atoms with Crippen LogP contribution in [0.15, 0.2) is 53.7 Å². The zero-order valence-electron chi connectivity index (χ0n) is 14.3. The average molecular weight is 364 g/mol. The van der Waals surface area contributed by atoms with Gasteiger partial charge in [0.25, 0.3) is 0 Å². The monoisotopic (exact) mass is 364 g/mol. The summed E-state index contributed by atoms with van der Waals surface area (Å²) in [5, 5.41) is 24.7. The lowest BCUT2D eigenvalue weighted by atomic mass is 10.1. The maximum Gasteiger partial charge on any atom is 0.214 e. The van der Waals surface area contributed by atoms with E-state index < -0.39 is 0 Å². The van der Waals surface area contributed by atoms with Crippen molar-refractivity contribution in [2.75, 3.05) is 0 Å². The number of hydrogen-bond donors (Lipinski definition) is 0. The summed E-state index contributed by atoms with van der Waals surface area (Å²) in [4.78, 5) is 0. The standard InChI is InChI=1S/C17H16N8S/c1-12-8-9-15(10-13(12)2)25-17(19-21-23-25)26-11-16-18-20-22-24(16)14-6-4-3-5-7-14/h3-10H,11H2,1-2H3. The molecule has 0 amide bonds. The third-order valence-electron chi connectivity index (χ3n) is 4.04. The van der Waals surface area contributed by atoms with Gasteiger partial charge in [-0.15, -0.1) is 10.2 Å². The van der Waals surface area contributed by atoms with Gasteiger partial charge < -0.3 is 0 Å². The van der Waals surface area contributed by atoms with Crippen molar-refractivity contribution in [3.8, 4) is 11.4 Å². The topological polar surface area (TPSA) is 87.2 Å². The third-order valence-corrected chi connectivity index (χ3v) is 4.96. The Morgan fingerprint density at radius 1 is 0.808 bits per heavy atom. The fourth-order valence-electron chi connectivity index (χ4n) is 2.48. The minimum absolute atomic E-state index is 0.549. The van der Waals surface area contributed by atoms with Gasteiger partial charge in [-0.3, -0.25) is 0 Å². The number of thioether (sulfide) groups is 1. The number of nitrogens with zero attached hydrogens (tertiary/aromatic N) is 8. The Balaban J connectivity index is 1.57. The molecule has 2 aromatic carbocycles. The molecule has 4 aromatic rings. The molecule has 0 atom stereocenters. The van der Waals surface area contributed by atoms with E-state index in [1.165, 1.54) is 22.9 Å². The van der Waals surface area contributed by atoms with Crippen LogP contribution in [0.25, 0.3) is 11.4 Å². The van der Waals surface area contributed by atoms with E-state index in [2.05, 4.69) is 57.0 Å². The lowest BCUT2D eigenvalue weighted by molar-refractivity contribution is 0.754. The third kappa shape index (κ3) is 3.21. The van der Waals surface area contributed by atoms with Crippen LogP contribution in [0, 0.1) is 13.8 Å². The fourth-order valence-corrected chi connectivity index (χ4v) is 3.28. The molecule has 0 N–H and O–H groups in total. The van der Waals surface area contributed by atoms with E-state index in [0.29, 0.717) is 10.9 Å². The van der Waals surface area contributed by atoms with Gasteiger partial charge in [-0.05, 0) is 70.1 Å². The van der Waals surface area contributed by atoms with Gasteiger partial charge >= 0.3 is 0 Å². The van der Waals surface area contributed by atoms with Crippen molar-refractivity contribution in [1.82, 2.24) is 40.4 Å². The number of benzene rings is 2. The van der Waals surface area contributed by atoms with Crippen LogP contribution >= 0.6 is 11.8 Å². The number of aromatic nitrogens is 8. The zero-order valence-corrected chi connectivity index (χ0v) is 15.1. The first-order chi connectivity index (χ1) is 12.7. The molecule has 2 aromatic heterocycles. The predicted octanol–water partition coefficient (Wildman–Crippen LogP) is 2.55. The van der Waals surface area contributed by atoms with E-state index >= 15 is 0 Å². The normalized spacial score (nSPS) is 11.0. The zero-order chi connectivity index (χ0) is 17.9. The molecule has 0 aliphatic carbocycles. The Kier molecular flexibility index (Phi) is 4.44. The van der Waals surface area contributed by atoms with E-state index in [9.17, 15) is 0 Å². The molecule has 9 heteroatoms. The smallest absolute Gasteiger partial charge is 0.196 e. The molecule has 0 radical (unpaired) electrons. The molecule has 4 rings (SSSR count). The van der Waals surface area contributed by atoms with Gasteiger partial charge in [-0.1, -0.05) is 36.0 Å². The van der Waals surface area contributed by atoms with Crippen LogP contribution in [-0.2, 0) is 5.75 Å². The van der Waals surface area contributed by atoms with Gasteiger partial charge in [0.2, 0.25) is 5.16 Å². The first-order valence-electron chi connectivity index (χ1n) is 8.04. The van der Waals surface area contributed by atoms with Crippen molar-refractivity contribution in [2.24, 2.45) is 0 Å². The molecule has 2 heterocycles. The Labute approximate surface area is 154 Å². The van der Waals surface area contributed by atoms with Gasteiger partial charge in [0.15, 0.2) is 5.82 Å². The van der Waals surface area contributed by atoms with Crippen LogP contribution in [0.1, 0.15) is 17.0 Å². The van der Waals surface area contributed by atoms with E-state index in [0.717, 1.165) is 17.2 Å². The Morgan fingerprint density at radius 3 is 2.38 bits per heavy atom. The van der Waals surface area contributed by atoms with Gasteiger partial charge in [-0.25, -0.2) is 0 Å². The van der Waals surface area contributed by atoms with Crippen molar-refractivity contribution >= 4 is 11.8 Å². The van der Waals surface area contributed by atoms with Crippen molar-refractivity contribution in [3.05, 3.63) is 65.5 Å². The van der Waals surface area contributed by atoms with Crippen LogP contribution in [-0.4, -0.2) is 40.4 Å². The Morgan fingerprint density at radius 2 is 1.58 bits per heavy atom. The van der Waals surface area contributed by atoms with E-state index in [-0.39, 0.29) is 0 Å². The highest BCUT2D eigenvalue weighted by atomic mass is 32.2. The molecule has 0 aliphatic rings. The second-order valence-corrected chi connectivity index (χ2v) is 6.72. The van der Waals surface area contributed by atoms with Gasteiger partial charge in [0.1, 0.15) is 0 Å². The Hall–Kier alpha value is -3.07. The molecule has 0 saturated heterocycles. The highest BCUT2D eigenvalue weighted by Crippen LogP contribution is 2.23. The summed E-state index contributed by atoms with van der Waals surface area (Å²) in [6.07, 6.45) is 0. The molecule has 0 saturated carbocycles. The molecule has 0 bridgehead atoms. The van der Waals surface area contributed by atoms with E-state index in [4.69, 9.17) is 0 Å². The van der Waals surface area contributed by atoms with E-state index in [1.807, 2.05) is 36.4 Å². The summed E-state index contributed by atoms with van der Waals surface area (Å²) >= 11 is 1.49. The van der Waals surface area contributed by atoms with Crippen molar-refractivity contribution in [2.45, 2.75) is 24.8 Å². The number of tetrazole rings is 2. The lowest BCUT2D eigenvalue weighted by Gasteiger charge is -2.07. The number of hydrogen-bond acceptors (Lipinski definition) is 7. The van der Waals surface area contributed by atoms with Crippen molar-refractivity contribution < 1.29 is 0 Å². The highest BCUT2D eigenvalue weighted by molar-refractivity contribution is 7.98. The molecule has 0 spiro atoms. The summed E-state index contributed by atoms with van der Waals surface area (Å²) in [6.45, 7) is 4.15. The predicted molar refractivity (Wildman–Crippen MR) is 97.3 cm³/mol. The number of aryl methyl sites for hydroxylation is 2. The lowest BCUT2D eigenvalue weighted by Crippen LogP contribution is -2.03. The van der Waals surface area contributed by atoms with Gasteiger partial charge in [0.05, 0.1) is 17.1 Å². The minimum atomic E-state index is 0.549. The van der Waals surface area contributed by atoms with Crippen LogP contribution in [0.2, 0.25) is 0 Å². The molecular formula is C17H16N8S. The van der Waals surface area contributed by atoms with E-state index in [1.54, 1.807) is 9.36 Å². The van der Waals surface area contributed by atoms with Gasteiger partial charge in [-0.2, -0.15) is 9.36 Å². The second kappa shape index (κ2) is 7.04. The summed E-state index contributed by atoms with van der Waals surface area (Å²) in [5.41, 5.74) is 4.28. The Bertz CT molecular complexity index is 1020. The van der Waals surface area contributed by atoms with Crippen molar-refractivity contribution in [1.29, 1.82) is 0 Å². The molecular weight excluding hydrogens is 348 g/mol. The van der Waals surface area contributed by atoms with Gasteiger partial charge in [0, 0.05) is 0 Å². The molecule has 26 heavy (non-hydrogen) atoms. The van der Waals surface area contributed by atoms with Crippen LogP contribution in [0.3, 0.4) is 0 Å².